The third-order valence-electron chi connectivity index (χ3n) is 4.94. The summed E-state index contributed by atoms with van der Waals surface area (Å²) < 4.78 is 5.72. The Morgan fingerprint density at radius 1 is 1.43 bits per heavy atom. The Balaban J connectivity index is 1.51. The van der Waals surface area contributed by atoms with E-state index in [1.54, 1.807) is 11.3 Å². The molecule has 4 rings (SSSR count). The third-order valence-corrected chi connectivity index (χ3v) is 5.80. The Morgan fingerprint density at radius 3 is 2.83 bits per heavy atom. The van der Waals surface area contributed by atoms with Gasteiger partial charge in [-0.15, -0.1) is 11.3 Å². The molecule has 0 aromatic carbocycles. The number of aliphatic hydroxyl groups is 1. The molecule has 1 amide bonds. The zero-order valence-electron chi connectivity index (χ0n) is 13.1. The van der Waals surface area contributed by atoms with Crippen LogP contribution in [0.3, 0.4) is 0 Å². The molecule has 0 spiro atoms. The summed E-state index contributed by atoms with van der Waals surface area (Å²) in [6, 6.07) is 4.31. The normalized spacial score (nSPS) is 26.7. The number of oxazole rings is 1. The maximum atomic E-state index is 12.7. The maximum absolute atomic E-state index is 12.7. The zero-order valence-corrected chi connectivity index (χ0v) is 13.9. The van der Waals surface area contributed by atoms with Crippen LogP contribution in [0.25, 0.3) is 10.8 Å². The molecule has 2 atom stereocenters. The molecule has 2 fully saturated rings. The minimum absolute atomic E-state index is 0.110. The fourth-order valence-corrected chi connectivity index (χ4v) is 4.54. The zero-order chi connectivity index (χ0) is 16.0. The molecule has 2 unspecified atom stereocenters. The number of amides is 1. The first-order valence-electron chi connectivity index (χ1n) is 8.11. The molecule has 122 valence electrons. The number of carbonyl (C=O) groups excluding carboxylic acids is 1. The molecule has 2 bridgehead atoms. The van der Waals surface area contributed by atoms with Crippen LogP contribution in [0.5, 0.6) is 0 Å². The van der Waals surface area contributed by atoms with Crippen LogP contribution in [0.2, 0.25) is 0 Å². The van der Waals surface area contributed by atoms with Crippen molar-refractivity contribution >= 4 is 17.2 Å². The number of carbonyl (C=O) groups is 1. The van der Waals surface area contributed by atoms with E-state index in [1.165, 1.54) is 0 Å². The van der Waals surface area contributed by atoms with Crippen molar-refractivity contribution in [1.82, 2.24) is 9.88 Å². The van der Waals surface area contributed by atoms with Gasteiger partial charge >= 0.3 is 0 Å². The Bertz CT molecular complexity index is 696. The summed E-state index contributed by atoms with van der Waals surface area (Å²) in [4.78, 5) is 20.2. The first-order valence-corrected chi connectivity index (χ1v) is 8.99. The van der Waals surface area contributed by atoms with E-state index in [2.05, 4.69) is 4.98 Å². The molecule has 0 aliphatic carbocycles. The summed E-state index contributed by atoms with van der Waals surface area (Å²) in [6.45, 7) is 1.86. The number of nitrogens with zero attached hydrogens (tertiary/aromatic N) is 2. The van der Waals surface area contributed by atoms with Crippen molar-refractivity contribution in [2.75, 3.05) is 0 Å². The number of rotatable bonds is 3. The number of hydrogen-bond donors (Lipinski definition) is 1. The lowest BCUT2D eigenvalue weighted by molar-refractivity contribution is -0.136. The standard InChI is InChI=1S/C17H20N2O3S/c1-10-14(18-17(22-10)15-3-2-6-23-15)9-16(21)19-11-4-5-12(19)8-13(20)7-11/h2-3,6,11-13,20H,4-5,7-9H2,1H3. The van der Waals surface area contributed by atoms with Gasteiger partial charge in [0.25, 0.3) is 0 Å². The summed E-state index contributed by atoms with van der Waals surface area (Å²) in [5.74, 6) is 1.42. The summed E-state index contributed by atoms with van der Waals surface area (Å²) in [5.41, 5.74) is 0.726. The van der Waals surface area contributed by atoms with Gasteiger partial charge < -0.3 is 14.4 Å². The summed E-state index contributed by atoms with van der Waals surface area (Å²) >= 11 is 1.58. The molecule has 5 nitrogen and oxygen atoms in total. The number of fused-ring (bicyclic) bond motifs is 2. The molecule has 0 radical (unpaired) electrons. The van der Waals surface area contributed by atoms with Gasteiger partial charge in [0.05, 0.1) is 23.1 Å². The van der Waals surface area contributed by atoms with Crippen LogP contribution < -0.4 is 0 Å². The van der Waals surface area contributed by atoms with Crippen LogP contribution in [0.4, 0.5) is 0 Å². The monoisotopic (exact) mass is 332 g/mol. The van der Waals surface area contributed by atoms with E-state index in [4.69, 9.17) is 4.42 Å². The Hall–Kier alpha value is -1.66. The van der Waals surface area contributed by atoms with Crippen molar-refractivity contribution in [3.8, 4) is 10.8 Å². The van der Waals surface area contributed by atoms with Crippen molar-refractivity contribution in [2.45, 2.75) is 57.2 Å². The summed E-state index contributed by atoms with van der Waals surface area (Å²) in [5, 5.41) is 11.9. The number of aryl methyl sites for hydroxylation is 1. The second-order valence-corrected chi connectivity index (χ2v) is 7.43. The van der Waals surface area contributed by atoms with Crippen molar-refractivity contribution in [1.29, 1.82) is 0 Å². The van der Waals surface area contributed by atoms with E-state index in [0.29, 0.717) is 24.5 Å². The summed E-state index contributed by atoms with van der Waals surface area (Å²) in [6.07, 6.45) is 3.46. The molecule has 2 aliphatic rings. The second kappa shape index (κ2) is 5.76. The molecule has 4 heterocycles. The molecular weight excluding hydrogens is 312 g/mol. The molecule has 2 saturated heterocycles. The molecular formula is C17H20N2O3S. The number of thiophene rings is 1. The van der Waals surface area contributed by atoms with E-state index in [9.17, 15) is 9.90 Å². The van der Waals surface area contributed by atoms with E-state index in [1.807, 2.05) is 29.3 Å². The first-order chi connectivity index (χ1) is 11.1. The third kappa shape index (κ3) is 2.70. The van der Waals surface area contributed by atoms with Crippen LogP contribution in [-0.4, -0.2) is 39.1 Å². The molecule has 2 aliphatic heterocycles. The quantitative estimate of drug-likeness (QED) is 0.938. The van der Waals surface area contributed by atoms with Gasteiger partial charge in [0.2, 0.25) is 11.8 Å². The topological polar surface area (TPSA) is 66.6 Å². The maximum Gasteiger partial charge on any atom is 0.236 e. The Morgan fingerprint density at radius 2 is 2.17 bits per heavy atom. The van der Waals surface area contributed by atoms with Crippen molar-refractivity contribution < 1.29 is 14.3 Å². The average molecular weight is 332 g/mol. The SMILES string of the molecule is Cc1oc(-c2cccs2)nc1CC(=O)N1C2CCC1CC(O)C2. The fraction of sp³-hybridized carbons (Fsp3) is 0.529. The van der Waals surface area contributed by atoms with Gasteiger partial charge in [-0.25, -0.2) is 4.98 Å². The lowest BCUT2D eigenvalue weighted by Gasteiger charge is -2.37. The number of aromatic nitrogens is 1. The van der Waals surface area contributed by atoms with E-state index in [-0.39, 0.29) is 30.5 Å². The minimum Gasteiger partial charge on any atom is -0.440 e. The Kier molecular flexibility index (Phi) is 3.73. The van der Waals surface area contributed by atoms with Crippen molar-refractivity contribution in [3.05, 3.63) is 29.0 Å². The van der Waals surface area contributed by atoms with Crippen LogP contribution in [0.1, 0.15) is 37.1 Å². The second-order valence-electron chi connectivity index (χ2n) is 6.49. The molecule has 2 aromatic rings. The molecule has 0 saturated carbocycles. The van der Waals surface area contributed by atoms with Crippen LogP contribution >= 0.6 is 11.3 Å². The largest absolute Gasteiger partial charge is 0.440 e. The average Bonchev–Trinajstić information content (AvgIpc) is 3.20. The highest BCUT2D eigenvalue weighted by Crippen LogP contribution is 2.36. The molecule has 23 heavy (non-hydrogen) atoms. The highest BCUT2D eigenvalue weighted by Gasteiger charge is 2.42. The smallest absolute Gasteiger partial charge is 0.236 e. The van der Waals surface area contributed by atoms with Crippen molar-refractivity contribution in [2.24, 2.45) is 0 Å². The van der Waals surface area contributed by atoms with Gasteiger partial charge in [-0.1, -0.05) is 6.07 Å². The van der Waals surface area contributed by atoms with E-state index < -0.39 is 0 Å². The van der Waals surface area contributed by atoms with E-state index in [0.717, 1.165) is 23.4 Å². The number of piperidine rings is 1. The number of hydrogen-bond acceptors (Lipinski definition) is 5. The van der Waals surface area contributed by atoms with Crippen molar-refractivity contribution in [3.63, 3.8) is 0 Å². The van der Waals surface area contributed by atoms with Gasteiger partial charge in [-0.05, 0) is 44.1 Å². The first kappa shape index (κ1) is 14.9. The lowest BCUT2D eigenvalue weighted by Crippen LogP contribution is -2.48. The van der Waals surface area contributed by atoms with Crippen LogP contribution in [0, 0.1) is 6.92 Å². The van der Waals surface area contributed by atoms with Crippen LogP contribution in [0.15, 0.2) is 21.9 Å². The predicted molar refractivity (Wildman–Crippen MR) is 87.2 cm³/mol. The van der Waals surface area contributed by atoms with Gasteiger partial charge in [0, 0.05) is 12.1 Å². The fourth-order valence-electron chi connectivity index (χ4n) is 3.89. The Labute approximate surface area is 138 Å². The lowest BCUT2D eigenvalue weighted by atomic mass is 9.99. The van der Waals surface area contributed by atoms with Crippen LogP contribution in [-0.2, 0) is 11.2 Å². The number of aliphatic hydroxyl groups excluding tert-OH is 1. The summed E-state index contributed by atoms with van der Waals surface area (Å²) in [7, 11) is 0. The van der Waals surface area contributed by atoms with E-state index >= 15 is 0 Å². The molecule has 2 aromatic heterocycles. The molecule has 1 N–H and O–H groups in total. The van der Waals surface area contributed by atoms with Gasteiger partial charge in [-0.3, -0.25) is 4.79 Å². The van der Waals surface area contributed by atoms with Gasteiger partial charge in [0.1, 0.15) is 5.76 Å². The highest BCUT2D eigenvalue weighted by molar-refractivity contribution is 7.13. The van der Waals surface area contributed by atoms with Gasteiger partial charge in [0.15, 0.2) is 0 Å². The predicted octanol–water partition coefficient (Wildman–Crippen LogP) is 2.77. The minimum atomic E-state index is -0.254. The molecule has 6 heteroatoms. The highest BCUT2D eigenvalue weighted by atomic mass is 32.1. The van der Waals surface area contributed by atoms with Gasteiger partial charge in [-0.2, -0.15) is 0 Å².